The molecule has 0 bridgehead atoms. The fraction of sp³-hybridized carbons (Fsp3) is 0.278. The number of benzene rings is 2. The average Bonchev–Trinajstić information content (AvgIpc) is 3.57. The highest BCUT2D eigenvalue weighted by atomic mass is 19.4. The minimum absolute atomic E-state index is 0.142. The molecule has 1 saturated heterocycles. The standard InChI is InChI=1S/C36H36F3N5O2/c1-42(2)30-19-21-43(25-30)35(46)32(22-26-8-4-3-5-9-26)44(24-28-11-15-29(16-12-28)31-10-6-7-20-40-31)34(45)18-14-27-13-17-33(41-23-27)36(37,38)39/h3-18,20,23,30,32H,19,21-22,24-25H2,1-2H3. The third-order valence-corrected chi connectivity index (χ3v) is 8.18. The lowest BCUT2D eigenvalue weighted by Crippen LogP contribution is -2.51. The Bertz CT molecular complexity index is 1630. The maximum atomic E-state index is 14.3. The number of aromatic nitrogens is 2. The minimum Gasteiger partial charge on any atom is -0.339 e. The highest BCUT2D eigenvalue weighted by Gasteiger charge is 2.36. The number of hydrogen-bond acceptors (Lipinski definition) is 5. The molecule has 0 spiro atoms. The summed E-state index contributed by atoms with van der Waals surface area (Å²) >= 11 is 0. The molecule has 2 atom stereocenters. The summed E-state index contributed by atoms with van der Waals surface area (Å²) in [6.07, 6.45) is 2.09. The molecule has 2 aromatic carbocycles. The zero-order chi connectivity index (χ0) is 32.7. The normalized spacial score (nSPS) is 15.8. The summed E-state index contributed by atoms with van der Waals surface area (Å²) in [6, 6.07) is 24.5. The predicted molar refractivity (Wildman–Crippen MR) is 171 cm³/mol. The molecule has 0 saturated carbocycles. The Labute approximate surface area is 267 Å². The van der Waals surface area contributed by atoms with Crippen LogP contribution >= 0.6 is 0 Å². The smallest absolute Gasteiger partial charge is 0.339 e. The van der Waals surface area contributed by atoms with Crippen molar-refractivity contribution >= 4 is 17.9 Å². The van der Waals surface area contributed by atoms with Gasteiger partial charge in [0.25, 0.3) is 0 Å². The van der Waals surface area contributed by atoms with Gasteiger partial charge in [0.1, 0.15) is 11.7 Å². The largest absolute Gasteiger partial charge is 0.433 e. The molecular weight excluding hydrogens is 591 g/mol. The topological polar surface area (TPSA) is 69.6 Å². The van der Waals surface area contributed by atoms with Gasteiger partial charge >= 0.3 is 6.18 Å². The van der Waals surface area contributed by atoms with Crippen LogP contribution in [0.2, 0.25) is 0 Å². The van der Waals surface area contributed by atoms with E-state index < -0.39 is 23.8 Å². The third kappa shape index (κ3) is 8.25. The number of likely N-dealkylation sites (N-methyl/N-ethyl adjacent to an activating group) is 1. The van der Waals surface area contributed by atoms with Crippen molar-refractivity contribution in [3.63, 3.8) is 0 Å². The van der Waals surface area contributed by atoms with E-state index in [9.17, 15) is 22.8 Å². The number of carbonyl (C=O) groups is 2. The SMILES string of the molecule is CN(C)C1CCN(C(=O)C(Cc2ccccc2)N(Cc2ccc(-c3ccccn3)cc2)C(=O)C=Cc2ccc(C(F)(F)F)nc2)C1. The lowest BCUT2D eigenvalue weighted by Gasteiger charge is -2.33. The Morgan fingerprint density at radius 1 is 0.935 bits per heavy atom. The lowest BCUT2D eigenvalue weighted by atomic mass is 10.0. The monoisotopic (exact) mass is 627 g/mol. The van der Waals surface area contributed by atoms with E-state index in [4.69, 9.17) is 0 Å². The molecule has 0 N–H and O–H groups in total. The number of rotatable bonds is 10. The van der Waals surface area contributed by atoms with Crippen molar-refractivity contribution in [3.05, 3.63) is 126 Å². The highest BCUT2D eigenvalue weighted by molar-refractivity contribution is 5.95. The number of carbonyl (C=O) groups excluding carboxylic acids is 2. The Kier molecular flexibility index (Phi) is 10.3. The molecule has 5 rings (SSSR count). The number of hydrogen-bond donors (Lipinski definition) is 0. The van der Waals surface area contributed by atoms with Crippen LogP contribution in [0, 0.1) is 0 Å². The number of pyridine rings is 2. The molecule has 0 aliphatic carbocycles. The van der Waals surface area contributed by atoms with Gasteiger partial charge < -0.3 is 14.7 Å². The lowest BCUT2D eigenvalue weighted by molar-refractivity contribution is -0.143. The first kappa shape index (κ1) is 32.6. The summed E-state index contributed by atoms with van der Waals surface area (Å²) in [5.41, 5.74) is 2.78. The predicted octanol–water partition coefficient (Wildman–Crippen LogP) is 5.98. The van der Waals surface area contributed by atoms with Crippen molar-refractivity contribution in [2.75, 3.05) is 27.2 Å². The van der Waals surface area contributed by atoms with Gasteiger partial charge in [0.15, 0.2) is 0 Å². The average molecular weight is 628 g/mol. The summed E-state index contributed by atoms with van der Waals surface area (Å²) < 4.78 is 39.1. The molecule has 7 nitrogen and oxygen atoms in total. The molecule has 0 radical (unpaired) electrons. The first-order chi connectivity index (χ1) is 22.1. The highest BCUT2D eigenvalue weighted by Crippen LogP contribution is 2.27. The molecule has 4 aromatic rings. The van der Waals surface area contributed by atoms with Gasteiger partial charge in [-0.1, -0.05) is 66.7 Å². The van der Waals surface area contributed by atoms with Crippen molar-refractivity contribution in [2.45, 2.75) is 37.6 Å². The molecule has 1 aliphatic heterocycles. The fourth-order valence-electron chi connectivity index (χ4n) is 5.53. The van der Waals surface area contributed by atoms with E-state index in [0.29, 0.717) is 25.1 Å². The maximum absolute atomic E-state index is 14.3. The molecule has 10 heteroatoms. The van der Waals surface area contributed by atoms with Crippen molar-refractivity contribution in [2.24, 2.45) is 0 Å². The van der Waals surface area contributed by atoms with Gasteiger partial charge in [-0.15, -0.1) is 0 Å². The van der Waals surface area contributed by atoms with Crippen LogP contribution in [-0.4, -0.2) is 75.8 Å². The summed E-state index contributed by atoms with van der Waals surface area (Å²) in [7, 11) is 3.98. The van der Waals surface area contributed by atoms with E-state index in [1.165, 1.54) is 18.2 Å². The molecule has 46 heavy (non-hydrogen) atoms. The quantitative estimate of drug-likeness (QED) is 0.203. The van der Waals surface area contributed by atoms with Gasteiger partial charge in [-0.3, -0.25) is 19.6 Å². The Hall–Kier alpha value is -4.83. The van der Waals surface area contributed by atoms with Gasteiger partial charge in [0, 0.05) is 56.1 Å². The van der Waals surface area contributed by atoms with Crippen LogP contribution < -0.4 is 0 Å². The zero-order valence-electron chi connectivity index (χ0n) is 25.8. The third-order valence-electron chi connectivity index (χ3n) is 8.18. The van der Waals surface area contributed by atoms with Gasteiger partial charge in [-0.05, 0) is 61.5 Å². The van der Waals surface area contributed by atoms with Crippen LogP contribution in [0.3, 0.4) is 0 Å². The second-order valence-corrected chi connectivity index (χ2v) is 11.6. The second kappa shape index (κ2) is 14.5. The van der Waals surface area contributed by atoms with Gasteiger partial charge in [-0.2, -0.15) is 13.2 Å². The van der Waals surface area contributed by atoms with Gasteiger partial charge in [0.2, 0.25) is 11.8 Å². The number of likely N-dealkylation sites (tertiary alicyclic amines) is 1. The van der Waals surface area contributed by atoms with Crippen LogP contribution in [0.15, 0.2) is 103 Å². The molecule has 1 fully saturated rings. The summed E-state index contributed by atoms with van der Waals surface area (Å²) in [6.45, 7) is 1.29. The van der Waals surface area contributed by atoms with E-state index in [0.717, 1.165) is 41.1 Å². The summed E-state index contributed by atoms with van der Waals surface area (Å²) in [4.78, 5) is 41.7. The van der Waals surface area contributed by atoms with Crippen molar-refractivity contribution < 1.29 is 22.8 Å². The van der Waals surface area contributed by atoms with Crippen molar-refractivity contribution in [1.82, 2.24) is 24.7 Å². The van der Waals surface area contributed by atoms with E-state index in [2.05, 4.69) is 14.9 Å². The molecule has 2 unspecified atom stereocenters. The van der Waals surface area contributed by atoms with Crippen LogP contribution in [0.25, 0.3) is 17.3 Å². The minimum atomic E-state index is -4.56. The fourth-order valence-corrected chi connectivity index (χ4v) is 5.53. The van der Waals surface area contributed by atoms with Crippen LogP contribution in [0.1, 0.15) is 28.8 Å². The molecule has 2 aromatic heterocycles. The van der Waals surface area contributed by atoms with E-state index in [1.807, 2.05) is 91.8 Å². The first-order valence-electron chi connectivity index (χ1n) is 15.1. The number of alkyl halides is 3. The molecule has 2 amide bonds. The number of halogens is 3. The molecule has 238 valence electrons. The van der Waals surface area contributed by atoms with E-state index >= 15 is 0 Å². The molecular formula is C36H36F3N5O2. The molecule has 1 aliphatic rings. The summed E-state index contributed by atoms with van der Waals surface area (Å²) in [5.74, 6) is -0.581. The number of nitrogens with zero attached hydrogens (tertiary/aromatic N) is 5. The first-order valence-corrected chi connectivity index (χ1v) is 15.1. The van der Waals surface area contributed by atoms with Crippen LogP contribution in [-0.2, 0) is 28.7 Å². The van der Waals surface area contributed by atoms with Crippen LogP contribution in [0.4, 0.5) is 13.2 Å². The zero-order valence-corrected chi connectivity index (χ0v) is 25.8. The van der Waals surface area contributed by atoms with E-state index in [-0.39, 0.29) is 18.5 Å². The maximum Gasteiger partial charge on any atom is 0.433 e. The molecule has 3 heterocycles. The van der Waals surface area contributed by atoms with Gasteiger partial charge in [0.05, 0.1) is 5.69 Å². The Balaban J connectivity index is 1.47. The Morgan fingerprint density at radius 2 is 1.67 bits per heavy atom. The van der Waals surface area contributed by atoms with Crippen molar-refractivity contribution in [3.8, 4) is 11.3 Å². The van der Waals surface area contributed by atoms with E-state index in [1.54, 1.807) is 11.1 Å². The number of amides is 2. The van der Waals surface area contributed by atoms with Gasteiger partial charge in [-0.25, -0.2) is 0 Å². The van der Waals surface area contributed by atoms with Crippen molar-refractivity contribution in [1.29, 1.82) is 0 Å². The summed E-state index contributed by atoms with van der Waals surface area (Å²) in [5, 5.41) is 0. The Morgan fingerprint density at radius 3 is 2.28 bits per heavy atom. The second-order valence-electron chi connectivity index (χ2n) is 11.6. The van der Waals surface area contributed by atoms with Crippen LogP contribution in [0.5, 0.6) is 0 Å².